The molecule has 222 valence electrons. The second-order valence-electron chi connectivity index (χ2n) is 11.3. The van der Waals surface area contributed by atoms with E-state index >= 15 is 0 Å². The number of Topliss-reactive ketones (excluding diaryl/α,β-unsaturated/α-hetero) is 1. The van der Waals surface area contributed by atoms with Gasteiger partial charge in [-0.05, 0) is 69.0 Å². The smallest absolute Gasteiger partial charge is 0.319 e. The van der Waals surface area contributed by atoms with Crippen molar-refractivity contribution in [1.29, 1.82) is 5.26 Å². The number of aliphatic hydroxyl groups excluding tert-OH is 1. The summed E-state index contributed by atoms with van der Waals surface area (Å²) in [5, 5.41) is 19.2. The number of carbonyl (C=O) groups is 2. The molecule has 5 rings (SSSR count). The van der Waals surface area contributed by atoms with Crippen molar-refractivity contribution in [2.75, 3.05) is 44.7 Å². The lowest BCUT2D eigenvalue weighted by Gasteiger charge is -2.41. The Hall–Kier alpha value is -3.88. The molecule has 3 heterocycles. The van der Waals surface area contributed by atoms with Crippen LogP contribution in [0.2, 0.25) is 0 Å². The van der Waals surface area contributed by atoms with Gasteiger partial charge in [0.15, 0.2) is 5.78 Å². The van der Waals surface area contributed by atoms with E-state index in [0.29, 0.717) is 61.6 Å². The van der Waals surface area contributed by atoms with Gasteiger partial charge in [0, 0.05) is 37.2 Å². The summed E-state index contributed by atoms with van der Waals surface area (Å²) in [6.45, 7) is 5.87. The van der Waals surface area contributed by atoms with Crippen molar-refractivity contribution in [2.45, 2.75) is 57.2 Å². The van der Waals surface area contributed by atoms with Gasteiger partial charge in [0.1, 0.15) is 23.9 Å². The third-order valence-corrected chi connectivity index (χ3v) is 8.79. The first-order valence-corrected chi connectivity index (χ1v) is 14.5. The van der Waals surface area contributed by atoms with Gasteiger partial charge in [0.05, 0.1) is 25.1 Å². The SMILES string of the molecule is C=CC(=O)N1CCN(c2nc(OCC3CCCN3C)nc3c2CC[C@@H](Cc2c(F)cccc2CO)C3=O)CC1CC#N. The van der Waals surface area contributed by atoms with Crippen molar-refractivity contribution >= 4 is 17.5 Å². The Labute approximate surface area is 245 Å². The number of aliphatic hydroxyl groups is 1. The van der Waals surface area contributed by atoms with E-state index in [0.717, 1.165) is 19.4 Å². The number of rotatable bonds is 9. The van der Waals surface area contributed by atoms with Gasteiger partial charge in [0.2, 0.25) is 5.91 Å². The van der Waals surface area contributed by atoms with E-state index in [1.165, 1.54) is 12.1 Å². The predicted octanol–water partition coefficient (Wildman–Crippen LogP) is 2.69. The van der Waals surface area contributed by atoms with E-state index in [2.05, 4.69) is 29.6 Å². The number of ether oxygens (including phenoxy) is 1. The number of amides is 1. The Bertz CT molecular complexity index is 1390. The molecular formula is C31H37FN6O4. The summed E-state index contributed by atoms with van der Waals surface area (Å²) >= 11 is 0. The number of anilines is 1. The number of piperazine rings is 1. The minimum atomic E-state index is -0.510. The van der Waals surface area contributed by atoms with Crippen molar-refractivity contribution in [3.63, 3.8) is 0 Å². The monoisotopic (exact) mass is 576 g/mol. The second-order valence-corrected chi connectivity index (χ2v) is 11.3. The summed E-state index contributed by atoms with van der Waals surface area (Å²) in [4.78, 5) is 41.7. The molecule has 10 nitrogen and oxygen atoms in total. The summed E-state index contributed by atoms with van der Waals surface area (Å²) in [6, 6.07) is 6.72. The summed E-state index contributed by atoms with van der Waals surface area (Å²) in [5.74, 6) is -0.799. The predicted molar refractivity (Wildman–Crippen MR) is 153 cm³/mol. The molecule has 2 aromatic rings. The third-order valence-electron chi connectivity index (χ3n) is 8.79. The number of halogens is 1. The summed E-state index contributed by atoms with van der Waals surface area (Å²) < 4.78 is 20.8. The molecule has 0 saturated carbocycles. The molecule has 42 heavy (non-hydrogen) atoms. The average molecular weight is 577 g/mol. The molecule has 1 aromatic carbocycles. The van der Waals surface area contributed by atoms with Crippen molar-refractivity contribution < 1.29 is 23.8 Å². The largest absolute Gasteiger partial charge is 0.462 e. The lowest BCUT2D eigenvalue weighted by molar-refractivity contribution is -0.128. The zero-order chi connectivity index (χ0) is 29.8. The quantitative estimate of drug-likeness (QED) is 0.449. The van der Waals surface area contributed by atoms with Crippen LogP contribution < -0.4 is 9.64 Å². The van der Waals surface area contributed by atoms with E-state index in [1.54, 1.807) is 17.0 Å². The fraction of sp³-hybridized carbons (Fsp3) is 0.516. The maximum absolute atomic E-state index is 14.7. The van der Waals surface area contributed by atoms with Gasteiger partial charge in [0.25, 0.3) is 0 Å². The summed E-state index contributed by atoms with van der Waals surface area (Å²) in [6.07, 6.45) is 4.64. The molecule has 3 aliphatic rings. The van der Waals surface area contributed by atoms with Crippen LogP contribution >= 0.6 is 0 Å². The van der Waals surface area contributed by atoms with E-state index < -0.39 is 11.7 Å². The molecule has 11 heteroatoms. The first-order valence-electron chi connectivity index (χ1n) is 14.5. The molecule has 1 aromatic heterocycles. The fourth-order valence-electron chi connectivity index (χ4n) is 6.37. The molecule has 0 radical (unpaired) electrons. The Morgan fingerprint density at radius 2 is 2.10 bits per heavy atom. The van der Waals surface area contributed by atoms with Gasteiger partial charge in [-0.15, -0.1) is 0 Å². The van der Waals surface area contributed by atoms with Gasteiger partial charge in [-0.25, -0.2) is 4.39 Å². The second kappa shape index (κ2) is 13.0. The van der Waals surface area contributed by atoms with Gasteiger partial charge in [-0.3, -0.25) is 9.59 Å². The molecule has 0 spiro atoms. The number of hydrogen-bond acceptors (Lipinski definition) is 9. The lowest BCUT2D eigenvalue weighted by Crippen LogP contribution is -2.55. The highest BCUT2D eigenvalue weighted by molar-refractivity contribution is 5.99. The van der Waals surface area contributed by atoms with Crippen LogP contribution in [0.3, 0.4) is 0 Å². The van der Waals surface area contributed by atoms with Crippen LogP contribution in [0.1, 0.15) is 52.9 Å². The molecule has 1 amide bonds. The van der Waals surface area contributed by atoms with E-state index in [1.807, 2.05) is 4.90 Å². The Morgan fingerprint density at radius 1 is 1.26 bits per heavy atom. The van der Waals surface area contributed by atoms with Gasteiger partial charge < -0.3 is 24.5 Å². The Balaban J connectivity index is 1.47. The van der Waals surface area contributed by atoms with Crippen molar-refractivity contribution in [3.8, 4) is 12.1 Å². The number of nitriles is 1. The maximum Gasteiger partial charge on any atom is 0.319 e. The number of benzene rings is 1. The van der Waals surface area contributed by atoms with Crippen molar-refractivity contribution in [3.05, 3.63) is 59.1 Å². The minimum absolute atomic E-state index is 0.112. The Morgan fingerprint density at radius 3 is 2.81 bits per heavy atom. The van der Waals surface area contributed by atoms with Crippen LogP contribution in [0.25, 0.3) is 0 Å². The topological polar surface area (TPSA) is 123 Å². The number of hydrogen-bond donors (Lipinski definition) is 1. The van der Waals surface area contributed by atoms with Crippen molar-refractivity contribution in [1.82, 2.24) is 19.8 Å². The molecule has 1 N–H and O–H groups in total. The van der Waals surface area contributed by atoms with Crippen LogP contribution in [-0.2, 0) is 24.2 Å². The first kappa shape index (κ1) is 29.6. The van der Waals surface area contributed by atoms with E-state index in [-0.39, 0.29) is 54.9 Å². The normalized spacial score (nSPS) is 22.5. The molecule has 2 aliphatic heterocycles. The van der Waals surface area contributed by atoms with Crippen LogP contribution in [0, 0.1) is 23.1 Å². The molecule has 1 aliphatic carbocycles. The minimum Gasteiger partial charge on any atom is -0.462 e. The standard InChI is InChI=1S/C31H37FN6O4/c1-3-27(40)38-15-14-37(17-22(38)11-12-33)30-24-10-9-20(16-25-21(18-39)6-4-8-26(25)32)29(41)28(24)34-31(35-30)42-19-23-7-5-13-36(23)2/h3-4,6,8,20,22-23,39H,1,5,7,9-11,13-19H2,2H3/t20-,22?,23?/m0/s1. The van der Waals surface area contributed by atoms with Gasteiger partial charge in [-0.1, -0.05) is 18.7 Å². The molecular weight excluding hydrogens is 539 g/mol. The number of ketones is 1. The van der Waals surface area contributed by atoms with Gasteiger partial charge in [-0.2, -0.15) is 15.2 Å². The van der Waals surface area contributed by atoms with Gasteiger partial charge >= 0.3 is 6.01 Å². The lowest BCUT2D eigenvalue weighted by atomic mass is 9.81. The summed E-state index contributed by atoms with van der Waals surface area (Å²) in [5.41, 5.74) is 1.79. The summed E-state index contributed by atoms with van der Waals surface area (Å²) in [7, 11) is 2.05. The van der Waals surface area contributed by atoms with E-state index in [4.69, 9.17) is 9.72 Å². The van der Waals surface area contributed by atoms with E-state index in [9.17, 15) is 24.3 Å². The zero-order valence-corrected chi connectivity index (χ0v) is 24.0. The van der Waals surface area contributed by atoms with Crippen LogP contribution in [0.5, 0.6) is 6.01 Å². The number of nitrogens with zero attached hydrogens (tertiary/aromatic N) is 6. The average Bonchev–Trinajstić information content (AvgIpc) is 3.42. The number of fused-ring (bicyclic) bond motifs is 1. The van der Waals surface area contributed by atoms with Crippen molar-refractivity contribution in [2.24, 2.45) is 5.92 Å². The van der Waals surface area contributed by atoms with Crippen LogP contribution in [-0.4, -0.2) is 88.5 Å². The molecule has 3 atom stereocenters. The highest BCUT2D eigenvalue weighted by atomic mass is 19.1. The molecule has 2 fully saturated rings. The highest BCUT2D eigenvalue weighted by Gasteiger charge is 2.37. The fourth-order valence-corrected chi connectivity index (χ4v) is 6.37. The number of aromatic nitrogens is 2. The Kier molecular flexibility index (Phi) is 9.14. The number of likely N-dealkylation sites (tertiary alicyclic amines) is 1. The van der Waals surface area contributed by atoms with Crippen LogP contribution in [0.15, 0.2) is 30.9 Å². The highest BCUT2D eigenvalue weighted by Crippen LogP contribution is 2.35. The number of likely N-dealkylation sites (N-methyl/N-ethyl adjacent to an activating group) is 1. The molecule has 2 saturated heterocycles. The third kappa shape index (κ3) is 6.01. The first-order chi connectivity index (χ1) is 20.3. The maximum atomic E-state index is 14.7. The number of carbonyl (C=O) groups excluding carboxylic acids is 2. The zero-order valence-electron chi connectivity index (χ0n) is 24.0. The molecule has 2 unspecified atom stereocenters. The molecule has 0 bridgehead atoms. The van der Waals surface area contributed by atoms with Crippen LogP contribution in [0.4, 0.5) is 10.2 Å².